The van der Waals surface area contributed by atoms with E-state index in [0.29, 0.717) is 34.8 Å². The zero-order valence-corrected chi connectivity index (χ0v) is 12.5. The fraction of sp³-hybridized carbons (Fsp3) is 0.400. The summed E-state index contributed by atoms with van der Waals surface area (Å²) in [4.78, 5) is 27.7. The molecule has 0 spiro atoms. The van der Waals surface area contributed by atoms with Crippen molar-refractivity contribution in [2.45, 2.75) is 32.4 Å². The first-order valence-electron chi connectivity index (χ1n) is 6.79. The summed E-state index contributed by atoms with van der Waals surface area (Å²) >= 11 is 6.18. The number of hydrogen-bond acceptors (Lipinski definition) is 3. The number of Topliss-reactive ketones (excluding diaryl/α,β-unsaturated/α-hetero) is 1. The van der Waals surface area contributed by atoms with Gasteiger partial charge in [-0.15, -0.1) is 0 Å². The minimum atomic E-state index is -0.369. The molecule has 3 rings (SSSR count). The van der Waals surface area contributed by atoms with Crippen molar-refractivity contribution >= 4 is 29.1 Å². The molecule has 2 atom stereocenters. The van der Waals surface area contributed by atoms with Crippen LogP contribution in [0.3, 0.4) is 0 Å². The third kappa shape index (κ3) is 1.83. The van der Waals surface area contributed by atoms with Crippen molar-refractivity contribution in [3.05, 3.63) is 28.3 Å². The summed E-state index contributed by atoms with van der Waals surface area (Å²) in [7, 11) is 0. The Bertz CT molecular complexity index is 695. The van der Waals surface area contributed by atoms with Gasteiger partial charge in [0.05, 0.1) is 22.3 Å². The van der Waals surface area contributed by atoms with Crippen LogP contribution in [0.5, 0.6) is 0 Å². The third-order valence-corrected chi connectivity index (χ3v) is 4.81. The van der Waals surface area contributed by atoms with E-state index >= 15 is 0 Å². The van der Waals surface area contributed by atoms with E-state index in [2.05, 4.69) is 0 Å². The number of amides is 2. The highest BCUT2D eigenvalue weighted by Gasteiger charge is 2.51. The number of hydrogen-bond donors (Lipinski definition) is 0. The first-order chi connectivity index (χ1) is 9.97. The van der Waals surface area contributed by atoms with E-state index < -0.39 is 0 Å². The van der Waals surface area contributed by atoms with Crippen LogP contribution < -0.4 is 4.90 Å². The molecule has 5 nitrogen and oxygen atoms in total. The third-order valence-electron chi connectivity index (χ3n) is 4.32. The number of carbonyl (C=O) groups is 2. The molecule has 2 aliphatic rings. The average molecular weight is 304 g/mol. The minimum absolute atomic E-state index is 0.107. The van der Waals surface area contributed by atoms with Gasteiger partial charge in [0.15, 0.2) is 5.78 Å². The number of benzene rings is 1. The molecule has 0 saturated carbocycles. The van der Waals surface area contributed by atoms with E-state index in [0.717, 1.165) is 0 Å². The number of nitrogens with zero attached hydrogens (tertiary/aromatic N) is 3. The molecule has 108 valence electrons. The van der Waals surface area contributed by atoms with Gasteiger partial charge in [0.2, 0.25) is 0 Å². The van der Waals surface area contributed by atoms with Crippen LogP contribution in [0.15, 0.2) is 12.1 Å². The van der Waals surface area contributed by atoms with Gasteiger partial charge < -0.3 is 4.90 Å². The minimum Gasteiger partial charge on any atom is -0.312 e. The normalized spacial score (nSPS) is 24.5. The summed E-state index contributed by atoms with van der Waals surface area (Å²) in [5.41, 5.74) is 1.73. The molecule has 0 aromatic heterocycles. The van der Waals surface area contributed by atoms with Crippen LogP contribution >= 0.6 is 11.6 Å². The van der Waals surface area contributed by atoms with Gasteiger partial charge in [0.25, 0.3) is 0 Å². The Morgan fingerprint density at radius 1 is 1.38 bits per heavy atom. The fourth-order valence-electron chi connectivity index (χ4n) is 3.23. The highest BCUT2D eigenvalue weighted by atomic mass is 35.5. The number of halogens is 1. The van der Waals surface area contributed by atoms with Crippen LogP contribution in [0.4, 0.5) is 10.5 Å². The molecule has 2 fully saturated rings. The number of anilines is 1. The molecule has 2 aliphatic heterocycles. The molecule has 0 bridgehead atoms. The molecule has 1 aromatic rings. The van der Waals surface area contributed by atoms with Crippen molar-refractivity contribution in [3.63, 3.8) is 0 Å². The molecule has 0 radical (unpaired) electrons. The van der Waals surface area contributed by atoms with Crippen molar-refractivity contribution in [2.24, 2.45) is 0 Å². The molecule has 2 amide bonds. The van der Waals surface area contributed by atoms with Gasteiger partial charge in [0.1, 0.15) is 12.1 Å². The smallest absolute Gasteiger partial charge is 0.312 e. The van der Waals surface area contributed by atoms with E-state index in [1.165, 1.54) is 0 Å². The lowest BCUT2D eigenvalue weighted by Crippen LogP contribution is -2.37. The van der Waals surface area contributed by atoms with Crippen molar-refractivity contribution in [2.75, 3.05) is 11.4 Å². The lowest BCUT2D eigenvalue weighted by Gasteiger charge is -2.24. The van der Waals surface area contributed by atoms with Crippen molar-refractivity contribution < 1.29 is 9.59 Å². The molecule has 2 heterocycles. The first-order valence-corrected chi connectivity index (χ1v) is 7.17. The molecule has 2 saturated heterocycles. The number of nitriles is 1. The van der Waals surface area contributed by atoms with Crippen molar-refractivity contribution in [1.29, 1.82) is 5.26 Å². The van der Waals surface area contributed by atoms with Crippen LogP contribution in [0.2, 0.25) is 5.02 Å². The SMILES string of the molecule is Cc1c(N2C(=O)N3CCC(=O)[C@H]3[C@@H]2C)ccc(C#N)c1Cl. The second-order valence-electron chi connectivity index (χ2n) is 5.43. The number of urea groups is 1. The Morgan fingerprint density at radius 3 is 2.71 bits per heavy atom. The van der Waals surface area contributed by atoms with E-state index in [-0.39, 0.29) is 23.9 Å². The second kappa shape index (κ2) is 4.74. The van der Waals surface area contributed by atoms with Crippen LogP contribution in [0, 0.1) is 18.3 Å². The lowest BCUT2D eigenvalue weighted by molar-refractivity contribution is -0.119. The standard InChI is InChI=1S/C15H14ClN3O2/c1-8-11(4-3-10(7-17)13(8)16)19-9(2)14-12(20)5-6-18(14)15(19)21/h3-4,9,14H,5-6H2,1-2H3/t9-,14+/m0/s1. The highest BCUT2D eigenvalue weighted by molar-refractivity contribution is 6.33. The Labute approximate surface area is 127 Å². The summed E-state index contributed by atoms with van der Waals surface area (Å²) in [5.74, 6) is 0.107. The Morgan fingerprint density at radius 2 is 2.10 bits per heavy atom. The molecule has 0 N–H and O–H groups in total. The molecule has 0 aliphatic carbocycles. The monoisotopic (exact) mass is 303 g/mol. The van der Waals surface area contributed by atoms with Crippen molar-refractivity contribution in [1.82, 2.24) is 4.90 Å². The summed E-state index contributed by atoms with van der Waals surface area (Å²) in [6.45, 7) is 4.13. The van der Waals surface area contributed by atoms with E-state index in [4.69, 9.17) is 16.9 Å². The summed E-state index contributed by atoms with van der Waals surface area (Å²) in [6, 6.07) is 4.59. The van der Waals surface area contributed by atoms with Gasteiger partial charge in [-0.05, 0) is 31.5 Å². The molecule has 1 aromatic carbocycles. The Hall–Kier alpha value is -2.06. The fourth-order valence-corrected chi connectivity index (χ4v) is 3.44. The first kappa shape index (κ1) is 13.9. The second-order valence-corrected chi connectivity index (χ2v) is 5.81. The van der Waals surface area contributed by atoms with Crippen LogP contribution in [0.25, 0.3) is 0 Å². The van der Waals surface area contributed by atoms with Gasteiger partial charge in [-0.1, -0.05) is 11.6 Å². The zero-order valence-electron chi connectivity index (χ0n) is 11.8. The predicted molar refractivity (Wildman–Crippen MR) is 78.4 cm³/mol. The van der Waals surface area contributed by atoms with Crippen LogP contribution in [0.1, 0.15) is 24.5 Å². The van der Waals surface area contributed by atoms with Gasteiger partial charge in [-0.3, -0.25) is 9.69 Å². The van der Waals surface area contributed by atoms with Gasteiger partial charge in [-0.25, -0.2) is 4.79 Å². The molecular weight excluding hydrogens is 290 g/mol. The summed E-state index contributed by atoms with van der Waals surface area (Å²) < 4.78 is 0. The topological polar surface area (TPSA) is 64.4 Å². The maximum absolute atomic E-state index is 12.6. The van der Waals surface area contributed by atoms with Crippen molar-refractivity contribution in [3.8, 4) is 6.07 Å². The van der Waals surface area contributed by atoms with Crippen LogP contribution in [-0.2, 0) is 4.79 Å². The average Bonchev–Trinajstić information content (AvgIpc) is 2.95. The lowest BCUT2D eigenvalue weighted by atomic mass is 10.0. The summed E-state index contributed by atoms with van der Waals surface area (Å²) in [6.07, 6.45) is 0.432. The summed E-state index contributed by atoms with van der Waals surface area (Å²) in [5, 5.41) is 9.36. The van der Waals surface area contributed by atoms with E-state index in [1.807, 2.05) is 13.0 Å². The van der Waals surface area contributed by atoms with E-state index in [1.54, 1.807) is 28.9 Å². The quantitative estimate of drug-likeness (QED) is 0.800. The number of ketones is 1. The predicted octanol–water partition coefficient (Wildman–Crippen LogP) is 2.49. The zero-order chi connectivity index (χ0) is 15.3. The molecule has 0 unspecified atom stereocenters. The highest BCUT2D eigenvalue weighted by Crippen LogP contribution is 2.37. The largest absolute Gasteiger partial charge is 0.325 e. The number of carbonyl (C=O) groups excluding carboxylic acids is 2. The molecule has 21 heavy (non-hydrogen) atoms. The number of fused-ring (bicyclic) bond motifs is 1. The molecular formula is C15H14ClN3O2. The van der Waals surface area contributed by atoms with E-state index in [9.17, 15) is 9.59 Å². The maximum Gasteiger partial charge on any atom is 0.325 e. The Balaban J connectivity index is 2.06. The van der Waals surface area contributed by atoms with Gasteiger partial charge in [0, 0.05) is 13.0 Å². The maximum atomic E-state index is 12.6. The molecule has 6 heteroatoms. The van der Waals surface area contributed by atoms with Gasteiger partial charge >= 0.3 is 6.03 Å². The van der Waals surface area contributed by atoms with Gasteiger partial charge in [-0.2, -0.15) is 5.26 Å². The number of rotatable bonds is 1. The van der Waals surface area contributed by atoms with Crippen LogP contribution in [-0.4, -0.2) is 35.3 Å². The Kier molecular flexibility index (Phi) is 3.14.